The minimum atomic E-state index is -0.620. The molecule has 0 bridgehead atoms. The van der Waals surface area contributed by atoms with Crippen molar-refractivity contribution in [2.24, 2.45) is 0 Å². The second kappa shape index (κ2) is 37.2. The predicted molar refractivity (Wildman–Crippen MR) is 429 cm³/mol. The van der Waals surface area contributed by atoms with Crippen molar-refractivity contribution in [1.29, 1.82) is 0 Å². The Labute approximate surface area is 726 Å². The summed E-state index contributed by atoms with van der Waals surface area (Å²) in [6.07, 6.45) is 1.03. The average molecular weight is 1690 g/mol. The summed E-state index contributed by atoms with van der Waals surface area (Å²) in [6.45, 7) is 2.43. The summed E-state index contributed by atoms with van der Waals surface area (Å²) in [6, 6.07) is 50.7. The molecule has 0 saturated heterocycles. The van der Waals surface area contributed by atoms with Crippen molar-refractivity contribution in [1.82, 2.24) is 19.6 Å². The van der Waals surface area contributed by atoms with Gasteiger partial charge >= 0.3 is 81.2 Å². The van der Waals surface area contributed by atoms with Crippen molar-refractivity contribution in [2.75, 3.05) is 66.8 Å². The number of esters is 5. The number of methoxy groups -OCH3 is 2. The summed E-state index contributed by atoms with van der Waals surface area (Å²) in [5.41, 5.74) is 5.10. The molecule has 31 heteroatoms. The van der Waals surface area contributed by atoms with Crippen LogP contribution in [0.2, 0.25) is 20.1 Å². The molecule has 588 valence electrons. The molecule has 6 aliphatic rings. The van der Waals surface area contributed by atoms with Gasteiger partial charge in [-0.05, 0) is 109 Å². The number of carbonyl (C=O) groups excluding carboxylic acids is 13. The first kappa shape index (κ1) is 87.9. The Morgan fingerprint density at radius 1 is 0.342 bits per heavy atom. The molecule has 0 fully saturated rings. The number of nitrogens with zero attached hydrogens (tertiary/aromatic N) is 4. The fraction of sp³-hybridized carbons (Fsp3) is 0.128. The van der Waals surface area contributed by atoms with Crippen molar-refractivity contribution in [3.63, 3.8) is 0 Å². The molecule has 8 amide bonds. The summed E-state index contributed by atoms with van der Waals surface area (Å²) in [7, 11) is 3.09. The zero-order valence-electron chi connectivity index (χ0n) is 61.2. The molecule has 0 spiro atoms. The molecule has 4 N–H and O–H groups in total. The van der Waals surface area contributed by atoms with Gasteiger partial charge in [0, 0.05) is 135 Å². The SMILES string of the molecule is C.C=CC(=O)OCCN1C(=O)c2cccc3c(OC)ccc(c23)C1=O.COc1ccc2c3c(cccc13)C(=O)N(CCO)C2=O.O=C1OC(=O)c2ccc(Cl)c3cccc1c23.O=C1OC(=O)c2ccc(Cl)c3cccc1c23.O=C1c2cccc3c(Cl)ccc(c23)C(=O)N1CCO.O=C1c2cccc3c(Cl)ccc(c23)C(=O)N1CCO.[K+].[OH-]. The van der Waals surface area contributed by atoms with Gasteiger partial charge in [0.1, 0.15) is 18.1 Å². The largest absolute Gasteiger partial charge is 1.00 e. The topological polar surface area (TPSA) is 372 Å². The Morgan fingerprint density at radius 3 is 0.821 bits per heavy atom. The van der Waals surface area contributed by atoms with Crippen LogP contribution in [0.5, 0.6) is 11.5 Å². The zero-order chi connectivity index (χ0) is 81.2. The molecule has 117 heavy (non-hydrogen) atoms. The summed E-state index contributed by atoms with van der Waals surface area (Å²) in [5, 5.41) is 36.8. The van der Waals surface area contributed by atoms with E-state index in [9.17, 15) is 62.3 Å². The van der Waals surface area contributed by atoms with Crippen molar-refractivity contribution < 1.29 is 158 Å². The Morgan fingerprint density at radius 2 is 0.556 bits per heavy atom. The second-order valence-electron chi connectivity index (χ2n) is 25.3. The van der Waals surface area contributed by atoms with Gasteiger partial charge < -0.3 is 44.5 Å². The van der Waals surface area contributed by atoms with E-state index in [4.69, 9.17) is 75.9 Å². The van der Waals surface area contributed by atoms with Crippen LogP contribution >= 0.6 is 46.4 Å². The van der Waals surface area contributed by atoms with Gasteiger partial charge in [-0.15, -0.1) is 0 Å². The monoisotopic (exact) mass is 1680 g/mol. The minimum absolute atomic E-state index is 0. The number of rotatable bonds is 12. The first-order valence-electron chi connectivity index (χ1n) is 34.6. The third-order valence-electron chi connectivity index (χ3n) is 19.1. The van der Waals surface area contributed by atoms with Gasteiger partial charge in [-0.1, -0.05) is 133 Å². The molecule has 0 radical (unpaired) electrons. The smallest absolute Gasteiger partial charge is 0.870 e. The van der Waals surface area contributed by atoms with Crippen molar-refractivity contribution in [2.45, 2.75) is 7.43 Å². The van der Waals surface area contributed by atoms with Crippen molar-refractivity contribution >= 4 is 188 Å². The van der Waals surface area contributed by atoms with E-state index in [1.54, 1.807) is 177 Å². The Balaban J connectivity index is 0.000000148. The van der Waals surface area contributed by atoms with E-state index in [1.165, 1.54) is 7.11 Å². The van der Waals surface area contributed by atoms with Gasteiger partial charge in [-0.3, -0.25) is 58.0 Å². The standard InChI is InChI=1S/C18H15NO5.C15H13NO4.2C14H10ClNO3.2C12H5ClO3.CH4.K.H2O/c1-3-15(20)24-10-9-19-17(21)12-6-4-5-11-14(23-2)8-7-13(16(11)12)18(19)22;1-20-12-6-5-11-13-9(12)3-2-4-10(13)14(18)16(7-8-17)15(11)19;2*15-11-5-4-10-12-8(11)2-1-3-9(12)13(18)16(6-7-17)14(10)19;2*13-9-5-4-8-10-6(9)2-1-3-7(10)11(14)16-12(8)15;;;/h3-8H,1,9-10H2,2H3;2-6,17H,7-8H2,1H3;2*1-5,17H,6-7H2;2*1-5H;1H4;;1H2/q;;;;;;;+1;/p-1. The number of hydrogen-bond donors (Lipinski definition) is 3. The van der Waals surface area contributed by atoms with E-state index in [1.807, 2.05) is 12.1 Å². The van der Waals surface area contributed by atoms with E-state index < -0.39 is 41.7 Å². The Kier molecular flexibility index (Phi) is 27.9. The number of imide groups is 4. The van der Waals surface area contributed by atoms with Crippen LogP contribution in [0.1, 0.15) is 132 Å². The van der Waals surface area contributed by atoms with Crippen LogP contribution in [0.15, 0.2) is 195 Å². The number of carbonyl (C=O) groups is 13. The number of cyclic esters (lactones) is 4. The normalized spacial score (nSPS) is 13.6. The van der Waals surface area contributed by atoms with Crippen LogP contribution in [0.3, 0.4) is 0 Å². The van der Waals surface area contributed by atoms with Gasteiger partial charge in [-0.2, -0.15) is 0 Å². The van der Waals surface area contributed by atoms with Crippen LogP contribution in [-0.4, -0.2) is 184 Å². The van der Waals surface area contributed by atoms with Crippen LogP contribution in [-0.2, 0) is 19.0 Å². The maximum absolute atomic E-state index is 12.7. The fourth-order valence-corrected chi connectivity index (χ4v) is 14.9. The first-order chi connectivity index (χ1) is 54.9. The third-order valence-corrected chi connectivity index (χ3v) is 20.5. The van der Waals surface area contributed by atoms with Crippen LogP contribution in [0.4, 0.5) is 0 Å². The summed E-state index contributed by atoms with van der Waals surface area (Å²) in [4.78, 5) is 161. The molecule has 0 aromatic heterocycles. The van der Waals surface area contributed by atoms with E-state index in [0.717, 1.165) is 31.1 Å². The van der Waals surface area contributed by atoms with Gasteiger partial charge in [0.25, 0.3) is 47.3 Å². The van der Waals surface area contributed by atoms with Crippen molar-refractivity contribution in [3.05, 3.63) is 281 Å². The predicted octanol–water partition coefficient (Wildman–Crippen LogP) is 10.8. The molecule has 26 nitrogen and oxygen atoms in total. The third kappa shape index (κ3) is 16.3. The molecule has 6 aliphatic heterocycles. The van der Waals surface area contributed by atoms with Gasteiger partial charge in [0.15, 0.2) is 0 Å². The number of halogens is 4. The van der Waals surface area contributed by atoms with E-state index >= 15 is 0 Å². The molecule has 0 atom stereocenters. The maximum Gasteiger partial charge on any atom is 1.00 e. The summed E-state index contributed by atoms with van der Waals surface area (Å²) >= 11 is 24.2. The zero-order valence-corrected chi connectivity index (χ0v) is 67.3. The fourth-order valence-electron chi connectivity index (χ4n) is 14.0. The number of hydrogen-bond acceptors (Lipinski definition) is 22. The number of ether oxygens (including phenoxy) is 5. The number of β-amino-alcohol motifs (C(OH)–C–C–N with tert-alkyl or cyclic N) is 3. The second-order valence-corrected chi connectivity index (χ2v) is 27.0. The maximum atomic E-state index is 12.7. The van der Waals surface area contributed by atoms with Crippen molar-refractivity contribution in [3.8, 4) is 11.5 Å². The van der Waals surface area contributed by atoms with E-state index in [0.29, 0.717) is 158 Å². The summed E-state index contributed by atoms with van der Waals surface area (Å²) < 4.78 is 24.7. The minimum Gasteiger partial charge on any atom is -0.870 e. The number of amides is 8. The summed E-state index contributed by atoms with van der Waals surface area (Å²) in [5.74, 6) is -5.00. The molecular weight excluding hydrogens is 1620 g/mol. The van der Waals surface area contributed by atoms with Gasteiger partial charge in [0.05, 0.1) is 82.5 Å². The number of aliphatic hydroxyl groups excluding tert-OH is 3. The molecule has 0 unspecified atom stereocenters. The Bertz CT molecular complexity index is 5890. The number of benzene rings is 12. The molecule has 18 rings (SSSR count). The molecular formula is C86H63Cl4KN4O22. The quantitative estimate of drug-likeness (QED) is 0.0255. The number of aliphatic hydroxyl groups is 3. The van der Waals surface area contributed by atoms with Crippen LogP contribution in [0.25, 0.3) is 64.6 Å². The first-order valence-corrected chi connectivity index (χ1v) is 36.1. The molecule has 0 saturated carbocycles. The molecule has 0 aliphatic carbocycles. The van der Waals surface area contributed by atoms with E-state index in [2.05, 4.69) is 16.1 Å². The average Bonchev–Trinajstić information content (AvgIpc) is 0.765. The molecule has 6 heterocycles. The van der Waals surface area contributed by atoms with Gasteiger partial charge in [0.2, 0.25) is 0 Å². The van der Waals surface area contributed by atoms with Crippen LogP contribution in [0, 0.1) is 0 Å². The van der Waals surface area contributed by atoms with E-state index in [-0.39, 0.29) is 152 Å². The molecule has 12 aromatic rings. The van der Waals surface area contributed by atoms with Gasteiger partial charge in [-0.25, -0.2) is 24.0 Å². The Hall–Kier alpha value is -11.5. The van der Waals surface area contributed by atoms with Crippen LogP contribution < -0.4 is 60.9 Å². The molecule has 12 aromatic carbocycles.